The van der Waals surface area contributed by atoms with Gasteiger partial charge in [0.05, 0.1) is 18.7 Å². The molecule has 26 heavy (non-hydrogen) atoms. The topological polar surface area (TPSA) is 90.7 Å². The molecule has 0 atom stereocenters. The number of methoxy groups -OCH3 is 1. The van der Waals surface area contributed by atoms with E-state index in [0.717, 1.165) is 5.56 Å². The van der Waals surface area contributed by atoms with Gasteiger partial charge in [-0.25, -0.2) is 4.79 Å². The third-order valence-electron chi connectivity index (χ3n) is 3.51. The number of benzene rings is 2. The lowest BCUT2D eigenvalue weighted by molar-refractivity contribution is 0.0600. The first-order valence-electron chi connectivity index (χ1n) is 7.79. The maximum absolute atomic E-state index is 12.2. The van der Waals surface area contributed by atoms with Crippen molar-refractivity contribution < 1.29 is 23.6 Å². The quantitative estimate of drug-likeness (QED) is 0.685. The van der Waals surface area contributed by atoms with Crippen LogP contribution in [0.4, 0.5) is 5.69 Å². The van der Waals surface area contributed by atoms with Crippen molar-refractivity contribution in [2.75, 3.05) is 12.4 Å². The highest BCUT2D eigenvalue weighted by Crippen LogP contribution is 2.16. The van der Waals surface area contributed by atoms with E-state index in [-0.39, 0.29) is 11.6 Å². The lowest BCUT2D eigenvalue weighted by Crippen LogP contribution is -2.11. The minimum absolute atomic E-state index is 0.0186. The Kier molecular flexibility index (Phi) is 5.28. The summed E-state index contributed by atoms with van der Waals surface area (Å²) in [6, 6.07) is 17.3. The number of hydrogen-bond acceptors (Lipinski definition) is 6. The van der Waals surface area contributed by atoms with Gasteiger partial charge in [0.25, 0.3) is 11.8 Å². The summed E-state index contributed by atoms with van der Waals surface area (Å²) >= 11 is 0. The molecule has 0 aliphatic heterocycles. The van der Waals surface area contributed by atoms with Crippen molar-refractivity contribution in [3.8, 4) is 5.88 Å². The Morgan fingerprint density at radius 2 is 1.81 bits per heavy atom. The zero-order valence-corrected chi connectivity index (χ0v) is 14.0. The summed E-state index contributed by atoms with van der Waals surface area (Å²) in [6.45, 7) is 0.323. The number of aromatic nitrogens is 1. The molecule has 7 heteroatoms. The van der Waals surface area contributed by atoms with Crippen LogP contribution in [0.25, 0.3) is 0 Å². The van der Waals surface area contributed by atoms with Crippen molar-refractivity contribution in [3.05, 3.63) is 77.6 Å². The highest BCUT2D eigenvalue weighted by atomic mass is 16.5. The van der Waals surface area contributed by atoms with Gasteiger partial charge >= 0.3 is 5.97 Å². The van der Waals surface area contributed by atoms with Crippen LogP contribution in [0.15, 0.2) is 65.2 Å². The Labute approximate surface area is 149 Å². The van der Waals surface area contributed by atoms with Crippen LogP contribution in [0.3, 0.4) is 0 Å². The lowest BCUT2D eigenvalue weighted by atomic mass is 10.2. The maximum Gasteiger partial charge on any atom is 0.337 e. The lowest BCUT2D eigenvalue weighted by Gasteiger charge is -2.03. The molecule has 0 saturated heterocycles. The highest BCUT2D eigenvalue weighted by Gasteiger charge is 2.14. The predicted octanol–water partition coefficient (Wildman–Crippen LogP) is 3.29. The third kappa shape index (κ3) is 4.27. The minimum atomic E-state index is -0.474. The molecule has 1 amide bonds. The molecule has 2 aromatic carbocycles. The average Bonchev–Trinajstić information content (AvgIpc) is 3.16. The molecule has 7 nitrogen and oxygen atoms in total. The number of nitrogens with one attached hydrogen (secondary N) is 1. The molecule has 0 aliphatic rings. The van der Waals surface area contributed by atoms with E-state index in [1.165, 1.54) is 13.2 Å². The van der Waals surface area contributed by atoms with Crippen LogP contribution >= 0.6 is 0 Å². The Morgan fingerprint density at radius 3 is 2.50 bits per heavy atom. The molecule has 0 spiro atoms. The van der Waals surface area contributed by atoms with Crippen LogP contribution in [0.2, 0.25) is 0 Å². The number of hydrogen-bond donors (Lipinski definition) is 1. The summed E-state index contributed by atoms with van der Waals surface area (Å²) in [6.07, 6.45) is 0. The molecule has 0 unspecified atom stereocenters. The van der Waals surface area contributed by atoms with Gasteiger partial charge in [0, 0.05) is 5.69 Å². The average molecular weight is 352 g/mol. The molecule has 1 aromatic heterocycles. The van der Waals surface area contributed by atoms with Crippen molar-refractivity contribution in [3.63, 3.8) is 0 Å². The molecule has 0 bridgehead atoms. The normalized spacial score (nSPS) is 10.2. The number of rotatable bonds is 6. The largest absolute Gasteiger partial charge is 0.471 e. The molecule has 1 heterocycles. The van der Waals surface area contributed by atoms with Crippen LogP contribution in [0, 0.1) is 0 Å². The smallest absolute Gasteiger partial charge is 0.337 e. The summed E-state index contributed by atoms with van der Waals surface area (Å²) in [5.41, 5.74) is 1.87. The van der Waals surface area contributed by atoms with Gasteiger partial charge in [-0.2, -0.15) is 0 Å². The summed E-state index contributed by atoms with van der Waals surface area (Å²) in [5.74, 6) is -0.679. The zero-order chi connectivity index (χ0) is 18.4. The van der Waals surface area contributed by atoms with Gasteiger partial charge < -0.3 is 19.3 Å². The summed E-state index contributed by atoms with van der Waals surface area (Å²) in [7, 11) is 1.30. The molecule has 0 aliphatic carbocycles. The van der Waals surface area contributed by atoms with E-state index in [4.69, 9.17) is 9.26 Å². The Hall–Kier alpha value is -3.61. The fourth-order valence-corrected chi connectivity index (χ4v) is 2.17. The predicted molar refractivity (Wildman–Crippen MR) is 93.0 cm³/mol. The number of esters is 1. The van der Waals surface area contributed by atoms with E-state index in [1.54, 1.807) is 24.3 Å². The Balaban J connectivity index is 1.58. The van der Waals surface area contributed by atoms with Crippen molar-refractivity contribution in [1.29, 1.82) is 0 Å². The first kappa shape index (κ1) is 17.2. The zero-order valence-electron chi connectivity index (χ0n) is 14.0. The first-order valence-corrected chi connectivity index (χ1v) is 7.79. The number of nitrogens with zero attached hydrogens (tertiary/aromatic N) is 1. The van der Waals surface area contributed by atoms with Crippen molar-refractivity contribution >= 4 is 17.6 Å². The number of amides is 1. The van der Waals surface area contributed by atoms with Crippen LogP contribution in [-0.4, -0.2) is 24.1 Å². The molecule has 1 N–H and O–H groups in total. The fourth-order valence-electron chi connectivity index (χ4n) is 2.17. The Bertz CT molecular complexity index is 888. The second-order valence-corrected chi connectivity index (χ2v) is 5.33. The van der Waals surface area contributed by atoms with E-state index in [1.807, 2.05) is 30.3 Å². The maximum atomic E-state index is 12.2. The van der Waals surface area contributed by atoms with Gasteiger partial charge in [0.2, 0.25) is 5.76 Å². The minimum Gasteiger partial charge on any atom is -0.471 e. The summed E-state index contributed by atoms with van der Waals surface area (Å²) in [4.78, 5) is 23.6. The van der Waals surface area contributed by atoms with E-state index < -0.39 is 11.9 Å². The van der Waals surface area contributed by atoms with Gasteiger partial charge in [-0.1, -0.05) is 30.3 Å². The number of ether oxygens (including phenoxy) is 2. The second-order valence-electron chi connectivity index (χ2n) is 5.33. The number of anilines is 1. The van der Waals surface area contributed by atoms with E-state index in [0.29, 0.717) is 17.9 Å². The third-order valence-corrected chi connectivity index (χ3v) is 3.51. The molecule has 0 saturated carbocycles. The van der Waals surface area contributed by atoms with E-state index >= 15 is 0 Å². The van der Waals surface area contributed by atoms with Gasteiger partial charge in [-0.3, -0.25) is 4.79 Å². The van der Waals surface area contributed by atoms with Gasteiger partial charge in [-0.05, 0) is 35.0 Å². The van der Waals surface area contributed by atoms with Gasteiger partial charge in [0.15, 0.2) is 0 Å². The van der Waals surface area contributed by atoms with Crippen LogP contribution < -0.4 is 10.1 Å². The van der Waals surface area contributed by atoms with Crippen LogP contribution in [-0.2, 0) is 11.3 Å². The van der Waals surface area contributed by atoms with E-state index in [9.17, 15) is 9.59 Å². The highest BCUT2D eigenvalue weighted by molar-refractivity contribution is 6.02. The van der Waals surface area contributed by atoms with Crippen molar-refractivity contribution in [2.24, 2.45) is 0 Å². The van der Waals surface area contributed by atoms with Crippen LogP contribution in [0.1, 0.15) is 26.5 Å². The fraction of sp³-hybridized carbons (Fsp3) is 0.105. The SMILES string of the molecule is COC(=O)c1ccc(NC(=O)c2cc(OCc3ccccc3)no2)cc1. The van der Waals surface area contributed by atoms with E-state index in [2.05, 4.69) is 15.2 Å². The second kappa shape index (κ2) is 7.98. The van der Waals surface area contributed by atoms with Gasteiger partial charge in [-0.15, -0.1) is 0 Å². The molecule has 132 valence electrons. The molecule has 0 radical (unpaired) electrons. The summed E-state index contributed by atoms with van der Waals surface area (Å²) in [5, 5.41) is 6.37. The molecule has 3 aromatic rings. The standard InChI is InChI=1S/C19H16N2O5/c1-24-19(23)14-7-9-15(10-8-14)20-18(22)16-11-17(21-26-16)25-12-13-5-3-2-4-6-13/h2-11H,12H2,1H3,(H,20,22). The summed E-state index contributed by atoms with van der Waals surface area (Å²) < 4.78 is 15.1. The first-order chi connectivity index (χ1) is 12.7. The Morgan fingerprint density at radius 1 is 1.08 bits per heavy atom. The van der Waals surface area contributed by atoms with Crippen molar-refractivity contribution in [1.82, 2.24) is 5.16 Å². The molecule has 3 rings (SSSR count). The molecular formula is C19H16N2O5. The number of carbonyl (C=O) groups is 2. The van der Waals surface area contributed by atoms with Crippen LogP contribution in [0.5, 0.6) is 5.88 Å². The van der Waals surface area contributed by atoms with Crippen molar-refractivity contribution in [2.45, 2.75) is 6.61 Å². The number of carbonyl (C=O) groups excluding carboxylic acids is 2. The monoisotopic (exact) mass is 352 g/mol. The molecule has 0 fully saturated rings. The van der Waals surface area contributed by atoms with Gasteiger partial charge in [0.1, 0.15) is 6.61 Å². The molecular weight excluding hydrogens is 336 g/mol.